The highest BCUT2D eigenvalue weighted by Crippen LogP contribution is 2.43. The number of alkyl halides is 3. The second kappa shape index (κ2) is 10.5. The zero-order valence-corrected chi connectivity index (χ0v) is 22.8. The average molecular weight is 606 g/mol. The van der Waals surface area contributed by atoms with E-state index in [-0.39, 0.29) is 25.4 Å². The molecular weight excluding hydrogens is 579 g/mol. The van der Waals surface area contributed by atoms with Gasteiger partial charge in [0.2, 0.25) is 6.79 Å². The van der Waals surface area contributed by atoms with E-state index >= 15 is 0 Å². The van der Waals surface area contributed by atoms with Crippen LogP contribution in [0.3, 0.4) is 0 Å². The molecule has 0 saturated carbocycles. The number of carboxylic acids is 1. The minimum Gasteiger partial charge on any atom is -0.475 e. The van der Waals surface area contributed by atoms with Crippen LogP contribution in [0.4, 0.5) is 13.2 Å². The lowest BCUT2D eigenvalue weighted by Crippen LogP contribution is -2.44. The first kappa shape index (κ1) is 28.9. The molecule has 4 aliphatic rings. The van der Waals surface area contributed by atoms with Gasteiger partial charge in [0.15, 0.2) is 17.1 Å². The van der Waals surface area contributed by atoms with Gasteiger partial charge in [0.1, 0.15) is 6.61 Å². The van der Waals surface area contributed by atoms with Crippen molar-refractivity contribution in [2.75, 3.05) is 33.1 Å². The number of esters is 1. The van der Waals surface area contributed by atoms with Crippen LogP contribution in [0.2, 0.25) is 0 Å². The number of benzene rings is 1. The van der Waals surface area contributed by atoms with Gasteiger partial charge in [0.05, 0.1) is 42.2 Å². The standard InChI is InChI=1S/C26H25N3O7.C2HF3O2/c1-2-26(32)18-8-20-23-16(11-29(20)24(30)17(18)12-34-25(26)31)15(10-28-3-5-33-6-4-28)14-7-21-22(36-13-35-21)9-19(14)27-23;3-2(4,5)1(6)7/h7-9,32H,2-6,10-13H2,1H3;(H,6,7)/t26-;/m0./s1. The van der Waals surface area contributed by atoms with E-state index in [9.17, 15) is 27.9 Å². The van der Waals surface area contributed by atoms with Gasteiger partial charge in [0, 0.05) is 42.2 Å². The number of rotatable bonds is 3. The summed E-state index contributed by atoms with van der Waals surface area (Å²) in [5, 5.41) is 19.2. The summed E-state index contributed by atoms with van der Waals surface area (Å²) in [5.74, 6) is -2.17. The molecule has 7 rings (SSSR count). The van der Waals surface area contributed by atoms with Crippen molar-refractivity contribution in [1.82, 2.24) is 14.5 Å². The Kier molecular flexibility index (Phi) is 7.06. The van der Waals surface area contributed by atoms with Crippen LogP contribution < -0.4 is 15.0 Å². The normalized spacial score (nSPS) is 20.5. The van der Waals surface area contributed by atoms with Crippen LogP contribution in [0, 0.1) is 0 Å². The number of ether oxygens (including phenoxy) is 4. The number of hydrogen-bond acceptors (Lipinski definition) is 10. The number of aliphatic hydroxyl groups is 1. The number of hydrogen-bond donors (Lipinski definition) is 2. The molecule has 0 bridgehead atoms. The lowest BCUT2D eigenvalue weighted by atomic mass is 9.86. The van der Waals surface area contributed by atoms with Crippen molar-refractivity contribution in [3.63, 3.8) is 0 Å². The van der Waals surface area contributed by atoms with Crippen molar-refractivity contribution in [2.24, 2.45) is 0 Å². The maximum Gasteiger partial charge on any atom is 0.490 e. The summed E-state index contributed by atoms with van der Waals surface area (Å²) in [6, 6.07) is 5.59. The zero-order valence-electron chi connectivity index (χ0n) is 22.8. The molecule has 0 spiro atoms. The van der Waals surface area contributed by atoms with E-state index in [4.69, 9.17) is 33.8 Å². The van der Waals surface area contributed by atoms with Crippen LogP contribution in [0.15, 0.2) is 23.0 Å². The molecule has 2 aromatic heterocycles. The average Bonchev–Trinajstić information content (AvgIpc) is 3.59. The van der Waals surface area contributed by atoms with Crippen LogP contribution in [-0.4, -0.2) is 75.9 Å². The number of halogens is 3. The highest BCUT2D eigenvalue weighted by atomic mass is 19.4. The number of cyclic esters (lactones) is 1. The van der Waals surface area contributed by atoms with Gasteiger partial charge in [-0.1, -0.05) is 6.92 Å². The van der Waals surface area contributed by atoms with E-state index in [0.29, 0.717) is 60.3 Å². The Balaban J connectivity index is 0.000000423. The summed E-state index contributed by atoms with van der Waals surface area (Å²) in [5.41, 5.74) is 2.56. The monoisotopic (exact) mass is 605 g/mol. The molecule has 2 N–H and O–H groups in total. The second-order valence-corrected chi connectivity index (χ2v) is 10.4. The summed E-state index contributed by atoms with van der Waals surface area (Å²) in [6.45, 7) is 5.72. The molecular formula is C28H26F3N3O9. The molecule has 0 unspecified atom stereocenters. The number of aromatic nitrogens is 2. The molecule has 6 heterocycles. The van der Waals surface area contributed by atoms with Crippen molar-refractivity contribution >= 4 is 22.8 Å². The topological polar surface area (TPSA) is 150 Å². The van der Waals surface area contributed by atoms with Crippen LogP contribution in [0.1, 0.15) is 35.6 Å². The number of fused-ring (bicyclic) bond motifs is 6. The van der Waals surface area contributed by atoms with E-state index in [2.05, 4.69) is 4.90 Å². The number of carbonyl (C=O) groups excluding carboxylic acids is 1. The summed E-state index contributed by atoms with van der Waals surface area (Å²) >= 11 is 0. The van der Waals surface area contributed by atoms with Crippen LogP contribution >= 0.6 is 0 Å². The highest BCUT2D eigenvalue weighted by Gasteiger charge is 2.45. The molecule has 1 atom stereocenters. The van der Waals surface area contributed by atoms with E-state index < -0.39 is 23.7 Å². The molecule has 0 amide bonds. The maximum atomic E-state index is 13.6. The van der Waals surface area contributed by atoms with Gasteiger partial charge in [-0.3, -0.25) is 9.69 Å². The van der Waals surface area contributed by atoms with Gasteiger partial charge in [-0.25, -0.2) is 14.6 Å². The molecule has 0 aliphatic carbocycles. The highest BCUT2D eigenvalue weighted by molar-refractivity contribution is 5.91. The SMILES string of the molecule is CC[C@@]1(O)C(=O)OCc2c1cc1n(c2=O)Cc2c-1nc1cc3c(cc1c2CN1CCOCC1)OCO3.O=C(O)C(F)(F)F. The summed E-state index contributed by atoms with van der Waals surface area (Å²) in [6.07, 6.45) is -4.98. The third-order valence-electron chi connectivity index (χ3n) is 8.03. The van der Waals surface area contributed by atoms with Gasteiger partial charge in [-0.2, -0.15) is 13.2 Å². The Hall–Kier alpha value is -4.21. The number of carboxylic acid groups (broad SMARTS) is 1. The van der Waals surface area contributed by atoms with Gasteiger partial charge in [-0.05, 0) is 24.1 Å². The number of pyridine rings is 2. The molecule has 1 aromatic carbocycles. The largest absolute Gasteiger partial charge is 0.490 e. The van der Waals surface area contributed by atoms with Gasteiger partial charge in [0.25, 0.3) is 5.56 Å². The minimum atomic E-state index is -5.08. The van der Waals surface area contributed by atoms with Crippen molar-refractivity contribution in [3.8, 4) is 22.9 Å². The lowest BCUT2D eigenvalue weighted by molar-refractivity contribution is -0.192. The van der Waals surface area contributed by atoms with Crippen LogP contribution in [0.25, 0.3) is 22.3 Å². The van der Waals surface area contributed by atoms with E-state index in [1.807, 2.05) is 12.1 Å². The molecule has 0 radical (unpaired) electrons. The second-order valence-electron chi connectivity index (χ2n) is 10.4. The predicted octanol–water partition coefficient (Wildman–Crippen LogP) is 2.27. The van der Waals surface area contributed by atoms with Gasteiger partial charge in [-0.15, -0.1) is 0 Å². The Morgan fingerprint density at radius 2 is 1.74 bits per heavy atom. The first-order chi connectivity index (χ1) is 20.4. The molecule has 12 nitrogen and oxygen atoms in total. The van der Waals surface area contributed by atoms with Crippen molar-refractivity contribution < 1.29 is 51.9 Å². The molecule has 1 saturated heterocycles. The number of aliphatic carboxylic acids is 1. The molecule has 15 heteroatoms. The fourth-order valence-electron chi connectivity index (χ4n) is 5.72. The Labute approximate surface area is 241 Å². The summed E-state index contributed by atoms with van der Waals surface area (Å²) in [4.78, 5) is 42.3. The molecule has 3 aromatic rings. The van der Waals surface area contributed by atoms with E-state index in [1.165, 1.54) is 0 Å². The molecule has 43 heavy (non-hydrogen) atoms. The van der Waals surface area contributed by atoms with Crippen LogP contribution in [-0.2, 0) is 44.4 Å². The van der Waals surface area contributed by atoms with E-state index in [0.717, 1.165) is 35.1 Å². The first-order valence-corrected chi connectivity index (χ1v) is 13.4. The molecule has 4 aliphatic heterocycles. The molecule has 228 valence electrons. The zero-order chi connectivity index (χ0) is 30.7. The minimum absolute atomic E-state index is 0.103. The molecule has 1 fully saturated rings. The van der Waals surface area contributed by atoms with Gasteiger partial charge >= 0.3 is 18.1 Å². The van der Waals surface area contributed by atoms with Crippen molar-refractivity contribution in [1.29, 1.82) is 0 Å². The van der Waals surface area contributed by atoms with E-state index in [1.54, 1.807) is 17.6 Å². The lowest BCUT2D eigenvalue weighted by Gasteiger charge is -2.31. The van der Waals surface area contributed by atoms with Crippen LogP contribution in [0.5, 0.6) is 11.5 Å². The predicted molar refractivity (Wildman–Crippen MR) is 140 cm³/mol. The Morgan fingerprint density at radius 3 is 2.40 bits per heavy atom. The Morgan fingerprint density at radius 1 is 1.07 bits per heavy atom. The fraction of sp³-hybridized carbons (Fsp3) is 0.429. The van der Waals surface area contributed by atoms with Crippen molar-refractivity contribution in [3.05, 3.63) is 50.8 Å². The third-order valence-corrected chi connectivity index (χ3v) is 8.03. The first-order valence-electron chi connectivity index (χ1n) is 13.4. The quantitative estimate of drug-likeness (QED) is 0.331. The fourth-order valence-corrected chi connectivity index (χ4v) is 5.72. The maximum absolute atomic E-state index is 13.6. The number of nitrogens with zero attached hydrogens (tertiary/aromatic N) is 3. The number of morpholine rings is 1. The summed E-state index contributed by atoms with van der Waals surface area (Å²) in [7, 11) is 0. The van der Waals surface area contributed by atoms with Gasteiger partial charge < -0.3 is 33.7 Å². The Bertz CT molecular complexity index is 1720. The third kappa shape index (κ3) is 4.86. The summed E-state index contributed by atoms with van der Waals surface area (Å²) < 4.78 is 55.4. The number of carbonyl (C=O) groups is 2. The van der Waals surface area contributed by atoms with Crippen molar-refractivity contribution in [2.45, 2.75) is 44.8 Å². The smallest absolute Gasteiger partial charge is 0.475 e.